The van der Waals surface area contributed by atoms with Gasteiger partial charge in [0.05, 0.1) is 19.8 Å². The molecule has 3 nitrogen and oxygen atoms in total. The minimum atomic E-state index is 0.675. The van der Waals surface area contributed by atoms with E-state index in [-0.39, 0.29) is 0 Å². The Kier molecular flexibility index (Phi) is 8.55. The van der Waals surface area contributed by atoms with E-state index in [0.717, 1.165) is 26.1 Å². The second kappa shape index (κ2) is 10.3. The lowest BCUT2D eigenvalue weighted by molar-refractivity contribution is 0.0720. The lowest BCUT2D eigenvalue weighted by atomic mass is 10.1. The van der Waals surface area contributed by atoms with E-state index in [9.17, 15) is 0 Å². The summed E-state index contributed by atoms with van der Waals surface area (Å²) in [6, 6.07) is 10.6. The molecule has 0 bridgehead atoms. The van der Waals surface area contributed by atoms with Gasteiger partial charge in [-0.05, 0) is 24.9 Å². The van der Waals surface area contributed by atoms with Crippen LogP contribution in [0.1, 0.15) is 12.0 Å². The van der Waals surface area contributed by atoms with Crippen molar-refractivity contribution in [2.24, 2.45) is 0 Å². The van der Waals surface area contributed by atoms with Crippen LogP contribution in [-0.4, -0.2) is 40.0 Å². The third-order valence-corrected chi connectivity index (χ3v) is 2.52. The molecule has 17 heavy (non-hydrogen) atoms. The summed E-state index contributed by atoms with van der Waals surface area (Å²) in [6.45, 7) is 4.08. The van der Waals surface area contributed by atoms with Gasteiger partial charge in [-0.25, -0.2) is 0 Å². The second-order valence-electron chi connectivity index (χ2n) is 3.94. The van der Waals surface area contributed by atoms with Crippen LogP contribution in [-0.2, 0) is 15.9 Å². The maximum atomic E-state index is 5.35. The molecule has 0 saturated heterocycles. The van der Waals surface area contributed by atoms with Gasteiger partial charge in [0, 0.05) is 13.7 Å². The van der Waals surface area contributed by atoms with Crippen LogP contribution in [0.15, 0.2) is 30.3 Å². The average Bonchev–Trinajstić information content (AvgIpc) is 2.38. The number of nitrogens with one attached hydrogen (secondary N) is 1. The molecule has 0 heterocycles. The Hall–Kier alpha value is -0.900. The third kappa shape index (κ3) is 7.91. The molecule has 0 aliphatic carbocycles. The molecule has 1 N–H and O–H groups in total. The molecule has 0 atom stereocenters. The number of ether oxygens (including phenoxy) is 2. The number of hydrogen-bond acceptors (Lipinski definition) is 3. The Morgan fingerprint density at radius 2 is 1.82 bits per heavy atom. The molecule has 0 unspecified atom stereocenters. The first kappa shape index (κ1) is 14.2. The summed E-state index contributed by atoms with van der Waals surface area (Å²) in [5.74, 6) is 0. The first-order valence-corrected chi connectivity index (χ1v) is 6.25. The molecule has 0 spiro atoms. The number of benzene rings is 1. The van der Waals surface area contributed by atoms with E-state index in [0.29, 0.717) is 13.2 Å². The molecule has 1 aromatic rings. The van der Waals surface area contributed by atoms with E-state index in [4.69, 9.17) is 9.47 Å². The standard InChI is InChI=1S/C14H23NO2/c1-16-12-13-17-11-10-15-9-5-8-14-6-3-2-4-7-14/h2-4,6-7,15H,5,8-13H2,1H3. The molecule has 1 rings (SSSR count). The Morgan fingerprint density at radius 1 is 1.00 bits per heavy atom. The van der Waals surface area contributed by atoms with Gasteiger partial charge in [0.25, 0.3) is 0 Å². The van der Waals surface area contributed by atoms with Gasteiger partial charge < -0.3 is 14.8 Å². The molecule has 96 valence electrons. The van der Waals surface area contributed by atoms with Gasteiger partial charge >= 0.3 is 0 Å². The maximum absolute atomic E-state index is 5.35. The first-order chi connectivity index (χ1) is 8.43. The van der Waals surface area contributed by atoms with Crippen LogP contribution in [0.4, 0.5) is 0 Å². The number of hydrogen-bond donors (Lipinski definition) is 1. The van der Waals surface area contributed by atoms with Crippen LogP contribution in [0.5, 0.6) is 0 Å². The molecule has 0 aliphatic heterocycles. The summed E-state index contributed by atoms with van der Waals surface area (Å²) in [5.41, 5.74) is 1.41. The lowest BCUT2D eigenvalue weighted by Gasteiger charge is -2.06. The summed E-state index contributed by atoms with van der Waals surface area (Å²) in [6.07, 6.45) is 2.31. The van der Waals surface area contributed by atoms with E-state index in [1.54, 1.807) is 7.11 Å². The van der Waals surface area contributed by atoms with Crippen molar-refractivity contribution < 1.29 is 9.47 Å². The van der Waals surface area contributed by atoms with E-state index in [1.807, 2.05) is 0 Å². The zero-order chi connectivity index (χ0) is 12.2. The molecular weight excluding hydrogens is 214 g/mol. The van der Waals surface area contributed by atoms with E-state index in [1.165, 1.54) is 12.0 Å². The summed E-state index contributed by atoms with van der Waals surface area (Å²) in [5, 5.41) is 3.37. The van der Waals surface area contributed by atoms with E-state index >= 15 is 0 Å². The van der Waals surface area contributed by atoms with E-state index in [2.05, 4.69) is 35.6 Å². The first-order valence-electron chi connectivity index (χ1n) is 6.25. The summed E-state index contributed by atoms with van der Waals surface area (Å²) < 4.78 is 10.2. The number of rotatable bonds is 10. The normalized spacial score (nSPS) is 10.6. The van der Waals surface area contributed by atoms with Gasteiger partial charge in [0.2, 0.25) is 0 Å². The van der Waals surface area contributed by atoms with Crippen molar-refractivity contribution in [3.8, 4) is 0 Å². The molecule has 0 radical (unpaired) electrons. The molecule has 0 saturated carbocycles. The van der Waals surface area contributed by atoms with Crippen molar-refractivity contribution in [3.05, 3.63) is 35.9 Å². The summed E-state index contributed by atoms with van der Waals surface area (Å²) in [7, 11) is 1.69. The largest absolute Gasteiger partial charge is 0.382 e. The number of aryl methyl sites for hydroxylation is 1. The molecule has 0 amide bonds. The molecule has 0 fully saturated rings. The van der Waals surface area contributed by atoms with Crippen LogP contribution >= 0.6 is 0 Å². The Bertz CT molecular complexity index is 264. The zero-order valence-corrected chi connectivity index (χ0v) is 10.7. The van der Waals surface area contributed by atoms with Gasteiger partial charge in [-0.2, -0.15) is 0 Å². The SMILES string of the molecule is COCCOCCNCCCc1ccccc1. The third-order valence-electron chi connectivity index (χ3n) is 2.52. The molecular formula is C14H23NO2. The van der Waals surface area contributed by atoms with Crippen molar-refractivity contribution in [1.29, 1.82) is 0 Å². The monoisotopic (exact) mass is 237 g/mol. The predicted octanol–water partition coefficient (Wildman–Crippen LogP) is 1.87. The highest BCUT2D eigenvalue weighted by Crippen LogP contribution is 2.01. The second-order valence-corrected chi connectivity index (χ2v) is 3.94. The highest BCUT2D eigenvalue weighted by molar-refractivity contribution is 5.14. The van der Waals surface area contributed by atoms with Gasteiger partial charge in [0.1, 0.15) is 0 Å². The zero-order valence-electron chi connectivity index (χ0n) is 10.7. The van der Waals surface area contributed by atoms with Crippen LogP contribution in [0.3, 0.4) is 0 Å². The lowest BCUT2D eigenvalue weighted by Crippen LogP contribution is -2.22. The Morgan fingerprint density at radius 3 is 2.59 bits per heavy atom. The maximum Gasteiger partial charge on any atom is 0.0700 e. The highest BCUT2D eigenvalue weighted by atomic mass is 16.5. The van der Waals surface area contributed by atoms with Crippen LogP contribution in [0, 0.1) is 0 Å². The van der Waals surface area contributed by atoms with Gasteiger partial charge in [0.15, 0.2) is 0 Å². The van der Waals surface area contributed by atoms with Gasteiger partial charge in [-0.1, -0.05) is 30.3 Å². The Labute approximate surface area is 104 Å². The average molecular weight is 237 g/mol. The van der Waals surface area contributed by atoms with Crippen LogP contribution in [0.2, 0.25) is 0 Å². The predicted molar refractivity (Wildman–Crippen MR) is 70.3 cm³/mol. The Balaban J connectivity index is 1.85. The van der Waals surface area contributed by atoms with E-state index < -0.39 is 0 Å². The molecule has 0 aliphatic rings. The highest BCUT2D eigenvalue weighted by Gasteiger charge is 1.92. The van der Waals surface area contributed by atoms with Crippen molar-refractivity contribution in [2.45, 2.75) is 12.8 Å². The minimum Gasteiger partial charge on any atom is -0.382 e. The molecule has 3 heteroatoms. The number of methoxy groups -OCH3 is 1. The molecule has 1 aromatic carbocycles. The van der Waals surface area contributed by atoms with Crippen molar-refractivity contribution in [2.75, 3.05) is 40.0 Å². The van der Waals surface area contributed by atoms with Crippen molar-refractivity contribution >= 4 is 0 Å². The summed E-state index contributed by atoms with van der Waals surface area (Å²) in [4.78, 5) is 0. The van der Waals surface area contributed by atoms with Gasteiger partial charge in [-0.15, -0.1) is 0 Å². The van der Waals surface area contributed by atoms with Crippen molar-refractivity contribution in [3.63, 3.8) is 0 Å². The quantitative estimate of drug-likeness (QED) is 0.630. The van der Waals surface area contributed by atoms with Crippen molar-refractivity contribution in [1.82, 2.24) is 5.32 Å². The smallest absolute Gasteiger partial charge is 0.0700 e. The van der Waals surface area contributed by atoms with Gasteiger partial charge in [-0.3, -0.25) is 0 Å². The van der Waals surface area contributed by atoms with Crippen LogP contribution in [0.25, 0.3) is 0 Å². The fraction of sp³-hybridized carbons (Fsp3) is 0.571. The fourth-order valence-corrected chi connectivity index (χ4v) is 1.58. The topological polar surface area (TPSA) is 30.5 Å². The summed E-state index contributed by atoms with van der Waals surface area (Å²) >= 11 is 0. The van der Waals surface area contributed by atoms with Crippen LogP contribution < -0.4 is 5.32 Å². The minimum absolute atomic E-state index is 0.675. The molecule has 0 aromatic heterocycles. The fourth-order valence-electron chi connectivity index (χ4n) is 1.58.